The average molecular weight is 541 g/mol. The van der Waals surface area contributed by atoms with Gasteiger partial charge in [0.25, 0.3) is 5.91 Å². The summed E-state index contributed by atoms with van der Waals surface area (Å²) in [4.78, 5) is 25.5. The number of nitrogen functional groups attached to an aromatic ring is 1. The van der Waals surface area contributed by atoms with Gasteiger partial charge in [-0.05, 0) is 42.3 Å². The van der Waals surface area contributed by atoms with E-state index in [1.54, 1.807) is 43.8 Å². The molecule has 0 unspecified atom stereocenters. The molecule has 1 aliphatic heterocycles. The third-order valence-corrected chi connectivity index (χ3v) is 6.72. The van der Waals surface area contributed by atoms with Gasteiger partial charge < -0.3 is 25.6 Å². The van der Waals surface area contributed by atoms with Gasteiger partial charge in [0.1, 0.15) is 11.6 Å². The van der Waals surface area contributed by atoms with Gasteiger partial charge in [-0.3, -0.25) is 14.9 Å². The highest BCUT2D eigenvalue weighted by Crippen LogP contribution is 2.38. The highest BCUT2D eigenvalue weighted by molar-refractivity contribution is 6.01. The number of ether oxygens (including phenoxy) is 1. The topological polar surface area (TPSA) is 125 Å². The zero-order valence-corrected chi connectivity index (χ0v) is 21.3. The first kappa shape index (κ1) is 26.1. The Morgan fingerprint density at radius 2 is 1.85 bits per heavy atom. The molecule has 0 aliphatic carbocycles. The average Bonchev–Trinajstić information content (AvgIpc) is 3.33. The SMILES string of the molecule is CNC(=O)c1ccc(-c2cc(O[C@@H](C)C(F)(F)F)c3c(N)n[nH]c3c2)cc1N1CCN(c2cnccn2)CC1. The number of carbonyl (C=O) groups excluding carboxylic acids is 1. The molecule has 1 atom stereocenters. The Bertz CT molecular complexity index is 1480. The van der Waals surface area contributed by atoms with Gasteiger partial charge in [0.2, 0.25) is 0 Å². The number of nitrogens with two attached hydrogens (primary N) is 1. The lowest BCUT2D eigenvalue weighted by atomic mass is 9.99. The fourth-order valence-corrected chi connectivity index (χ4v) is 4.59. The third kappa shape index (κ3) is 5.24. The predicted octanol–water partition coefficient (Wildman–Crippen LogP) is 3.62. The number of halogens is 3. The second-order valence-corrected chi connectivity index (χ2v) is 9.16. The normalized spacial score (nSPS) is 14.9. The van der Waals surface area contributed by atoms with E-state index in [0.29, 0.717) is 54.1 Å². The van der Waals surface area contributed by atoms with Gasteiger partial charge in [-0.25, -0.2) is 4.98 Å². The van der Waals surface area contributed by atoms with Crippen molar-refractivity contribution in [2.45, 2.75) is 19.2 Å². The van der Waals surface area contributed by atoms with E-state index < -0.39 is 12.3 Å². The van der Waals surface area contributed by atoms with Crippen LogP contribution in [0, 0.1) is 0 Å². The molecular weight excluding hydrogens is 513 g/mol. The molecule has 4 N–H and O–H groups in total. The van der Waals surface area contributed by atoms with Gasteiger partial charge in [-0.1, -0.05) is 6.07 Å². The summed E-state index contributed by atoms with van der Waals surface area (Å²) in [7, 11) is 1.56. The summed E-state index contributed by atoms with van der Waals surface area (Å²) in [5.41, 5.74) is 8.83. The molecule has 0 saturated carbocycles. The fraction of sp³-hybridized carbons (Fsp3) is 0.308. The molecule has 1 fully saturated rings. The van der Waals surface area contributed by atoms with Crippen LogP contribution in [0.5, 0.6) is 5.75 Å². The number of aromatic nitrogens is 4. The maximum atomic E-state index is 13.3. The lowest BCUT2D eigenvalue weighted by molar-refractivity contribution is -0.188. The smallest absolute Gasteiger partial charge is 0.425 e. The number of nitrogens with one attached hydrogen (secondary N) is 2. The molecule has 0 spiro atoms. The number of piperazine rings is 1. The Morgan fingerprint density at radius 3 is 2.51 bits per heavy atom. The van der Waals surface area contributed by atoms with E-state index >= 15 is 0 Å². The van der Waals surface area contributed by atoms with Crippen molar-refractivity contribution in [1.82, 2.24) is 25.5 Å². The number of hydrogen-bond acceptors (Lipinski definition) is 8. The zero-order chi connectivity index (χ0) is 27.7. The Labute approximate surface area is 222 Å². The molecule has 1 aliphatic rings. The molecule has 1 saturated heterocycles. The van der Waals surface area contributed by atoms with Crippen LogP contribution in [0.2, 0.25) is 0 Å². The number of anilines is 3. The zero-order valence-electron chi connectivity index (χ0n) is 21.3. The molecule has 5 rings (SSSR count). The van der Waals surface area contributed by atoms with E-state index in [4.69, 9.17) is 10.5 Å². The molecule has 13 heteroatoms. The van der Waals surface area contributed by atoms with E-state index in [9.17, 15) is 18.0 Å². The van der Waals surface area contributed by atoms with Gasteiger partial charge in [0.15, 0.2) is 11.9 Å². The lowest BCUT2D eigenvalue weighted by Crippen LogP contribution is -2.47. The van der Waals surface area contributed by atoms with Crippen LogP contribution in [0.25, 0.3) is 22.0 Å². The monoisotopic (exact) mass is 540 g/mol. The summed E-state index contributed by atoms with van der Waals surface area (Å²) in [6.07, 6.45) is -1.63. The first-order valence-electron chi connectivity index (χ1n) is 12.3. The van der Waals surface area contributed by atoms with Gasteiger partial charge in [0.05, 0.1) is 28.4 Å². The van der Waals surface area contributed by atoms with Gasteiger partial charge in [0, 0.05) is 45.6 Å². The van der Waals surface area contributed by atoms with Crippen LogP contribution in [0.3, 0.4) is 0 Å². The van der Waals surface area contributed by atoms with Crippen LogP contribution in [0.15, 0.2) is 48.9 Å². The minimum absolute atomic E-state index is 0.0342. The quantitative estimate of drug-likeness (QED) is 0.339. The molecule has 0 radical (unpaired) electrons. The van der Waals surface area contributed by atoms with Crippen molar-refractivity contribution in [1.29, 1.82) is 0 Å². The number of rotatable bonds is 6. The molecule has 0 bridgehead atoms. The van der Waals surface area contributed by atoms with E-state index in [1.807, 2.05) is 6.07 Å². The standard InChI is InChI=1S/C26H27F3N8O2/c1-15(26(27,28)29)39-21-13-17(11-19-23(21)24(30)35-34-19)16-3-4-18(25(38)31-2)20(12-16)36-7-9-37(10-8-36)22-14-32-5-6-33-22/h3-6,11-15H,7-10H2,1-2H3,(H,31,38)(H3,30,34,35)/t15-/m0/s1. The first-order chi connectivity index (χ1) is 18.7. The van der Waals surface area contributed by atoms with Crippen molar-refractivity contribution < 1.29 is 22.7 Å². The van der Waals surface area contributed by atoms with Crippen molar-refractivity contribution in [2.75, 3.05) is 48.8 Å². The molecule has 1 amide bonds. The molecule has 4 aromatic rings. The van der Waals surface area contributed by atoms with E-state index in [1.165, 1.54) is 6.07 Å². The minimum Gasteiger partial charge on any atom is -0.480 e. The number of benzene rings is 2. The first-order valence-corrected chi connectivity index (χ1v) is 12.3. The predicted molar refractivity (Wildman–Crippen MR) is 142 cm³/mol. The van der Waals surface area contributed by atoms with E-state index in [0.717, 1.165) is 12.7 Å². The summed E-state index contributed by atoms with van der Waals surface area (Å²) in [5.74, 6) is 0.545. The van der Waals surface area contributed by atoms with Crippen LogP contribution >= 0.6 is 0 Å². The van der Waals surface area contributed by atoms with Crippen LogP contribution < -0.4 is 25.6 Å². The van der Waals surface area contributed by atoms with Crippen LogP contribution in [0.4, 0.5) is 30.5 Å². The molecule has 10 nitrogen and oxygen atoms in total. The number of H-pyrrole nitrogens is 1. The lowest BCUT2D eigenvalue weighted by Gasteiger charge is -2.37. The second-order valence-electron chi connectivity index (χ2n) is 9.16. The van der Waals surface area contributed by atoms with Crippen molar-refractivity contribution in [2.24, 2.45) is 0 Å². The highest BCUT2D eigenvalue weighted by atomic mass is 19.4. The summed E-state index contributed by atoms with van der Waals surface area (Å²) in [6.45, 7) is 3.52. The van der Waals surface area contributed by atoms with Crippen molar-refractivity contribution in [3.8, 4) is 16.9 Å². The van der Waals surface area contributed by atoms with Crippen molar-refractivity contribution >= 4 is 34.1 Å². The van der Waals surface area contributed by atoms with E-state index in [-0.39, 0.29) is 22.9 Å². The van der Waals surface area contributed by atoms with Gasteiger partial charge in [-0.2, -0.15) is 18.3 Å². The second kappa shape index (κ2) is 10.3. The van der Waals surface area contributed by atoms with Crippen molar-refractivity contribution in [3.63, 3.8) is 0 Å². The highest BCUT2D eigenvalue weighted by Gasteiger charge is 2.38. The number of fused-ring (bicyclic) bond motifs is 1. The van der Waals surface area contributed by atoms with Gasteiger partial charge >= 0.3 is 6.18 Å². The third-order valence-electron chi connectivity index (χ3n) is 6.72. The molecular formula is C26H27F3N8O2. The summed E-state index contributed by atoms with van der Waals surface area (Å²) >= 11 is 0. The maximum absolute atomic E-state index is 13.3. The molecule has 204 valence electrons. The maximum Gasteiger partial charge on any atom is 0.425 e. The summed E-state index contributed by atoms with van der Waals surface area (Å²) < 4.78 is 45.2. The number of carbonyl (C=O) groups is 1. The minimum atomic E-state index is -4.56. The van der Waals surface area contributed by atoms with Crippen molar-refractivity contribution in [3.05, 3.63) is 54.5 Å². The summed E-state index contributed by atoms with van der Waals surface area (Å²) in [5, 5.41) is 9.66. The molecule has 2 aromatic heterocycles. The number of aromatic amines is 1. The number of alkyl halides is 3. The fourth-order valence-electron chi connectivity index (χ4n) is 4.59. The number of nitrogens with zero attached hydrogens (tertiary/aromatic N) is 5. The van der Waals surface area contributed by atoms with Crippen LogP contribution in [-0.4, -0.2) is 71.6 Å². The largest absolute Gasteiger partial charge is 0.480 e. The molecule has 2 aromatic carbocycles. The number of amides is 1. The number of hydrogen-bond donors (Lipinski definition) is 3. The summed E-state index contributed by atoms with van der Waals surface area (Å²) in [6, 6.07) is 8.58. The molecule has 3 heterocycles. The van der Waals surface area contributed by atoms with Gasteiger partial charge in [-0.15, -0.1) is 0 Å². The van der Waals surface area contributed by atoms with E-state index in [2.05, 4.69) is 35.3 Å². The molecule has 39 heavy (non-hydrogen) atoms. The Hall–Kier alpha value is -4.55. The van der Waals surface area contributed by atoms with Crippen LogP contribution in [-0.2, 0) is 0 Å². The van der Waals surface area contributed by atoms with Crippen LogP contribution in [0.1, 0.15) is 17.3 Å². The Kier molecular flexibility index (Phi) is 6.89. The Balaban J connectivity index is 1.51. The Morgan fingerprint density at radius 1 is 1.10 bits per heavy atom.